The summed E-state index contributed by atoms with van der Waals surface area (Å²) in [5.41, 5.74) is 0. The van der Waals surface area contributed by atoms with Gasteiger partial charge in [0.2, 0.25) is 0 Å². The lowest BCUT2D eigenvalue weighted by Crippen LogP contribution is -2.27. The number of rotatable bonds is 1. The highest BCUT2D eigenvalue weighted by Crippen LogP contribution is 2.21. The predicted octanol–water partition coefficient (Wildman–Crippen LogP) is 1.60. The average molecular weight is 199 g/mol. The number of nitrogens with zero attached hydrogens (tertiary/aromatic N) is 2. The predicted molar refractivity (Wildman–Crippen MR) is 51.9 cm³/mol. The van der Waals surface area contributed by atoms with E-state index in [1.54, 1.807) is 12.4 Å². The molecule has 13 heavy (non-hydrogen) atoms. The van der Waals surface area contributed by atoms with Gasteiger partial charge in [-0.1, -0.05) is 11.6 Å². The topological polar surface area (TPSA) is 37.8 Å². The monoisotopic (exact) mass is 198 g/mol. The summed E-state index contributed by atoms with van der Waals surface area (Å²) in [5.74, 6) is -0.0426. The van der Waals surface area contributed by atoms with E-state index in [2.05, 4.69) is 15.3 Å². The molecule has 0 unspecified atom stereocenters. The van der Waals surface area contributed by atoms with Crippen LogP contribution >= 0.6 is 11.6 Å². The lowest BCUT2D eigenvalue weighted by atomic mass is 9.97. The summed E-state index contributed by atoms with van der Waals surface area (Å²) in [5, 5.41) is 3.74. The van der Waals surface area contributed by atoms with Crippen molar-refractivity contribution in [3.05, 3.63) is 23.2 Å². The maximum atomic E-state index is 8.22. The minimum atomic E-state index is -0.629. The van der Waals surface area contributed by atoms with E-state index in [9.17, 15) is 0 Å². The molecule has 1 N–H and O–H groups in total. The Morgan fingerprint density at radius 3 is 2.62 bits per heavy atom. The highest BCUT2D eigenvalue weighted by Gasteiger charge is 2.16. The van der Waals surface area contributed by atoms with Crippen LogP contribution in [0.25, 0.3) is 0 Å². The maximum absolute atomic E-state index is 8.22. The molecule has 1 aromatic rings. The molecular formula is C9H12ClN3. The van der Waals surface area contributed by atoms with Gasteiger partial charge >= 0.3 is 0 Å². The molecule has 1 aliphatic heterocycles. The summed E-state index contributed by atoms with van der Waals surface area (Å²) in [7, 11) is 0. The molecular weight excluding hydrogens is 186 g/mol. The van der Waals surface area contributed by atoms with Gasteiger partial charge in [-0.25, -0.2) is 9.97 Å². The molecule has 2 heterocycles. The number of nitrogens with one attached hydrogen (secondary N) is 1. The Hall–Kier alpha value is -0.670. The van der Waals surface area contributed by atoms with Gasteiger partial charge in [0.1, 0.15) is 5.82 Å². The maximum Gasteiger partial charge on any atom is 0.131 e. The fourth-order valence-corrected chi connectivity index (χ4v) is 1.54. The summed E-state index contributed by atoms with van der Waals surface area (Å²) in [6.45, 7) is 1.71. The van der Waals surface area contributed by atoms with Gasteiger partial charge in [0, 0.05) is 19.7 Å². The lowest BCUT2D eigenvalue weighted by molar-refractivity contribution is 0.445. The lowest BCUT2D eigenvalue weighted by Gasteiger charge is -2.20. The minimum absolute atomic E-state index is 0.520. The fourth-order valence-electron chi connectivity index (χ4n) is 1.45. The van der Waals surface area contributed by atoms with Crippen LogP contribution < -0.4 is 5.32 Å². The van der Waals surface area contributed by atoms with E-state index in [0.717, 1.165) is 25.9 Å². The van der Waals surface area contributed by atoms with E-state index in [-0.39, 0.29) is 0 Å². The zero-order chi connectivity index (χ0) is 10.0. The van der Waals surface area contributed by atoms with Crippen LogP contribution in [0.15, 0.2) is 12.4 Å². The van der Waals surface area contributed by atoms with E-state index < -0.39 is 5.89 Å². The first-order valence-electron chi connectivity index (χ1n) is 4.89. The molecule has 1 saturated heterocycles. The molecule has 0 radical (unpaired) electrons. The third-order valence-electron chi connectivity index (χ3n) is 2.14. The van der Waals surface area contributed by atoms with Crippen molar-refractivity contribution in [3.63, 3.8) is 0 Å². The van der Waals surface area contributed by atoms with Crippen molar-refractivity contribution < 1.29 is 1.37 Å². The van der Waals surface area contributed by atoms with E-state index in [1.165, 1.54) is 0 Å². The highest BCUT2D eigenvalue weighted by molar-refractivity contribution is 6.30. The Labute approximate surface area is 83.9 Å². The molecule has 0 aromatic carbocycles. The second-order valence-electron chi connectivity index (χ2n) is 3.08. The van der Waals surface area contributed by atoms with Crippen LogP contribution in [0.5, 0.6) is 0 Å². The van der Waals surface area contributed by atoms with Gasteiger partial charge < -0.3 is 5.32 Å². The third-order valence-corrected chi connectivity index (χ3v) is 2.34. The molecule has 70 valence electrons. The van der Waals surface area contributed by atoms with Crippen molar-refractivity contribution in [2.24, 2.45) is 0 Å². The molecule has 0 saturated carbocycles. The smallest absolute Gasteiger partial charge is 0.131 e. The Morgan fingerprint density at radius 1 is 1.38 bits per heavy atom. The zero-order valence-corrected chi connectivity index (χ0v) is 8.01. The van der Waals surface area contributed by atoms with Crippen LogP contribution in [0.4, 0.5) is 0 Å². The van der Waals surface area contributed by atoms with Crippen LogP contribution in [-0.4, -0.2) is 23.1 Å². The number of hydrogen-bond acceptors (Lipinski definition) is 3. The van der Waals surface area contributed by atoms with Gasteiger partial charge in [0.25, 0.3) is 0 Å². The molecule has 0 aliphatic carbocycles. The average Bonchev–Trinajstić information content (AvgIpc) is 2.19. The largest absolute Gasteiger partial charge is 0.317 e. The quantitative estimate of drug-likeness (QED) is 0.745. The molecule has 0 bridgehead atoms. The van der Waals surface area contributed by atoms with Crippen LogP contribution in [0.1, 0.15) is 25.9 Å². The summed E-state index contributed by atoms with van der Waals surface area (Å²) in [6.07, 6.45) is 4.63. The van der Waals surface area contributed by atoms with Gasteiger partial charge in [-0.3, -0.25) is 0 Å². The van der Waals surface area contributed by atoms with E-state index >= 15 is 0 Å². The summed E-state index contributed by atoms with van der Waals surface area (Å²) in [6, 6.07) is 0. The summed E-state index contributed by atoms with van der Waals surface area (Å²) >= 11 is 5.70. The summed E-state index contributed by atoms with van der Waals surface area (Å²) < 4.78 is 8.22. The molecule has 1 aromatic heterocycles. The van der Waals surface area contributed by atoms with Crippen LogP contribution in [0, 0.1) is 0 Å². The van der Waals surface area contributed by atoms with Gasteiger partial charge in [-0.05, 0) is 25.9 Å². The highest BCUT2D eigenvalue weighted by atomic mass is 35.5. The Balaban J connectivity index is 2.23. The van der Waals surface area contributed by atoms with Crippen LogP contribution in [0.2, 0.25) is 5.02 Å². The number of aromatic nitrogens is 2. The Kier molecular flexibility index (Phi) is 2.39. The van der Waals surface area contributed by atoms with Gasteiger partial charge in [-0.2, -0.15) is 0 Å². The molecule has 1 fully saturated rings. The third kappa shape index (κ3) is 2.17. The standard InChI is InChI=1S/C9H12ClN3/c10-8-5-12-9(13-6-8)7-1-3-11-4-2-7/h5-7,11H,1-4H2/i7D. The molecule has 4 heteroatoms. The molecule has 1 aliphatic rings. The van der Waals surface area contributed by atoms with Crippen molar-refractivity contribution in [2.45, 2.75) is 18.7 Å². The normalized spacial score (nSPS) is 22.4. The molecule has 0 amide bonds. The van der Waals surface area contributed by atoms with Crippen molar-refractivity contribution in [1.82, 2.24) is 15.3 Å². The van der Waals surface area contributed by atoms with Gasteiger partial charge in [0.15, 0.2) is 0 Å². The SMILES string of the molecule is [2H]C1(c2ncc(Cl)cn2)CCNCC1. The second kappa shape index (κ2) is 4.03. The van der Waals surface area contributed by atoms with Crippen LogP contribution in [0.3, 0.4) is 0 Å². The van der Waals surface area contributed by atoms with Crippen molar-refractivity contribution in [2.75, 3.05) is 13.1 Å². The second-order valence-corrected chi connectivity index (χ2v) is 3.51. The summed E-state index contributed by atoms with van der Waals surface area (Å²) in [4.78, 5) is 8.23. The molecule has 2 rings (SSSR count). The van der Waals surface area contributed by atoms with Crippen molar-refractivity contribution >= 4 is 11.6 Å². The molecule has 3 nitrogen and oxygen atoms in total. The van der Waals surface area contributed by atoms with E-state index in [0.29, 0.717) is 10.8 Å². The first-order chi connectivity index (χ1) is 6.71. The van der Waals surface area contributed by atoms with Crippen molar-refractivity contribution in [3.8, 4) is 0 Å². The van der Waals surface area contributed by atoms with E-state index in [1.807, 2.05) is 0 Å². The molecule has 0 spiro atoms. The van der Waals surface area contributed by atoms with Gasteiger partial charge in [-0.15, -0.1) is 0 Å². The Bertz CT molecular complexity index is 308. The first-order valence-corrected chi connectivity index (χ1v) is 4.77. The Morgan fingerprint density at radius 2 is 2.00 bits per heavy atom. The minimum Gasteiger partial charge on any atom is -0.317 e. The molecule has 0 atom stereocenters. The van der Waals surface area contributed by atoms with Gasteiger partial charge in [0.05, 0.1) is 5.02 Å². The number of piperidine rings is 1. The number of halogens is 1. The zero-order valence-electron chi connectivity index (χ0n) is 8.26. The number of hydrogen-bond donors (Lipinski definition) is 1. The van der Waals surface area contributed by atoms with Crippen molar-refractivity contribution in [1.29, 1.82) is 0 Å². The van der Waals surface area contributed by atoms with Crippen LogP contribution in [-0.2, 0) is 0 Å². The fraction of sp³-hybridized carbons (Fsp3) is 0.556. The first kappa shape index (κ1) is 7.71. The van der Waals surface area contributed by atoms with E-state index in [4.69, 9.17) is 13.0 Å².